The fourth-order valence-corrected chi connectivity index (χ4v) is 2.42. The van der Waals surface area contributed by atoms with Gasteiger partial charge in [-0.05, 0) is 25.8 Å². The lowest BCUT2D eigenvalue weighted by molar-refractivity contribution is 0.358. The Balaban J connectivity index is 2.64. The molecular formula is C13H25N3O2S. The van der Waals surface area contributed by atoms with Crippen molar-refractivity contribution in [1.29, 1.82) is 0 Å². The molecule has 0 aromatic carbocycles. The Kier molecular flexibility index (Phi) is 5.18. The SMILES string of the molecule is CCN(CCNS(C)(=O)=O)C1=CC(C)C(C)(N)C=C1. The zero-order chi connectivity index (χ0) is 14.7. The highest BCUT2D eigenvalue weighted by atomic mass is 32.2. The molecule has 0 amide bonds. The van der Waals surface area contributed by atoms with Crippen LogP contribution in [0.4, 0.5) is 0 Å². The molecule has 2 atom stereocenters. The summed E-state index contributed by atoms with van der Waals surface area (Å²) in [7, 11) is -3.12. The zero-order valence-electron chi connectivity index (χ0n) is 12.2. The molecule has 6 heteroatoms. The molecule has 0 saturated carbocycles. The van der Waals surface area contributed by atoms with Crippen molar-refractivity contribution >= 4 is 10.0 Å². The van der Waals surface area contributed by atoms with E-state index >= 15 is 0 Å². The van der Waals surface area contributed by atoms with Crippen LogP contribution in [0.25, 0.3) is 0 Å². The van der Waals surface area contributed by atoms with Gasteiger partial charge in [-0.25, -0.2) is 13.1 Å². The summed E-state index contributed by atoms with van der Waals surface area (Å²) in [5.41, 5.74) is 6.93. The van der Waals surface area contributed by atoms with Crippen LogP contribution in [0.1, 0.15) is 20.8 Å². The molecule has 0 aromatic rings. The van der Waals surface area contributed by atoms with E-state index in [1.165, 1.54) is 6.26 Å². The third-order valence-electron chi connectivity index (χ3n) is 3.51. The third-order valence-corrected chi connectivity index (χ3v) is 4.24. The molecule has 3 N–H and O–H groups in total. The van der Waals surface area contributed by atoms with Gasteiger partial charge in [-0.15, -0.1) is 0 Å². The number of nitrogens with two attached hydrogens (primary N) is 1. The summed E-state index contributed by atoms with van der Waals surface area (Å²) in [6.07, 6.45) is 7.35. The van der Waals surface area contributed by atoms with E-state index in [-0.39, 0.29) is 11.5 Å². The van der Waals surface area contributed by atoms with E-state index in [0.717, 1.165) is 12.2 Å². The Hall–Kier alpha value is -0.850. The molecule has 0 radical (unpaired) electrons. The predicted octanol–water partition coefficient (Wildman–Crippen LogP) is 0.665. The fourth-order valence-electron chi connectivity index (χ4n) is 1.95. The van der Waals surface area contributed by atoms with E-state index in [9.17, 15) is 8.42 Å². The first-order chi connectivity index (χ1) is 8.65. The number of nitrogens with one attached hydrogen (secondary N) is 1. The minimum Gasteiger partial charge on any atom is -0.371 e. The molecular weight excluding hydrogens is 262 g/mol. The van der Waals surface area contributed by atoms with E-state index in [4.69, 9.17) is 5.73 Å². The first kappa shape index (κ1) is 16.2. The molecule has 0 saturated heterocycles. The van der Waals surface area contributed by atoms with E-state index in [2.05, 4.69) is 29.5 Å². The Morgan fingerprint density at radius 3 is 2.63 bits per heavy atom. The molecule has 0 heterocycles. The standard InChI is InChI=1S/C13H25N3O2S/c1-5-16(9-8-15-19(4,17)18)12-6-7-13(3,14)11(2)10-12/h6-7,10-11,15H,5,8-9,14H2,1-4H3. The van der Waals surface area contributed by atoms with Gasteiger partial charge in [0.2, 0.25) is 10.0 Å². The normalized spacial score (nSPS) is 27.2. The largest absolute Gasteiger partial charge is 0.371 e. The molecule has 0 aromatic heterocycles. The number of allylic oxidation sites excluding steroid dienone is 1. The maximum Gasteiger partial charge on any atom is 0.208 e. The van der Waals surface area contributed by atoms with E-state index < -0.39 is 10.0 Å². The minimum atomic E-state index is -3.12. The molecule has 5 nitrogen and oxygen atoms in total. The van der Waals surface area contributed by atoms with Crippen molar-refractivity contribution in [2.75, 3.05) is 25.9 Å². The van der Waals surface area contributed by atoms with Gasteiger partial charge in [0.25, 0.3) is 0 Å². The first-order valence-corrected chi connectivity index (χ1v) is 8.44. The van der Waals surface area contributed by atoms with Gasteiger partial charge in [0.05, 0.1) is 6.26 Å². The number of hydrogen-bond donors (Lipinski definition) is 2. The Labute approximate surface area is 116 Å². The van der Waals surface area contributed by atoms with E-state index in [1.54, 1.807) is 0 Å². The number of hydrogen-bond acceptors (Lipinski definition) is 4. The maximum atomic E-state index is 11.0. The van der Waals surface area contributed by atoms with Gasteiger partial charge in [-0.2, -0.15) is 0 Å². The number of likely N-dealkylation sites (N-methyl/N-ethyl adjacent to an activating group) is 1. The van der Waals surface area contributed by atoms with Crippen LogP contribution in [0.2, 0.25) is 0 Å². The lowest BCUT2D eigenvalue weighted by Crippen LogP contribution is -2.43. The number of rotatable bonds is 6. The molecule has 0 aliphatic heterocycles. The maximum absolute atomic E-state index is 11.0. The predicted molar refractivity (Wildman–Crippen MR) is 79.1 cm³/mol. The van der Waals surface area contributed by atoms with Crippen molar-refractivity contribution in [3.05, 3.63) is 23.9 Å². The third kappa shape index (κ3) is 4.97. The van der Waals surface area contributed by atoms with Gasteiger partial charge in [0.1, 0.15) is 0 Å². The molecule has 110 valence electrons. The highest BCUT2D eigenvalue weighted by molar-refractivity contribution is 7.88. The van der Waals surface area contributed by atoms with E-state index in [1.807, 2.05) is 19.1 Å². The highest BCUT2D eigenvalue weighted by Crippen LogP contribution is 2.25. The summed E-state index contributed by atoms with van der Waals surface area (Å²) in [6.45, 7) is 8.03. The van der Waals surface area contributed by atoms with Crippen molar-refractivity contribution in [1.82, 2.24) is 9.62 Å². The summed E-state index contributed by atoms with van der Waals surface area (Å²) in [6, 6.07) is 0. The van der Waals surface area contributed by atoms with Crippen molar-refractivity contribution < 1.29 is 8.42 Å². The first-order valence-electron chi connectivity index (χ1n) is 6.55. The van der Waals surface area contributed by atoms with Crippen LogP contribution in [0.3, 0.4) is 0 Å². The summed E-state index contributed by atoms with van der Waals surface area (Å²) in [4.78, 5) is 2.14. The second-order valence-electron chi connectivity index (χ2n) is 5.33. The topological polar surface area (TPSA) is 75.4 Å². The number of nitrogens with zero attached hydrogens (tertiary/aromatic N) is 1. The average Bonchev–Trinajstić information content (AvgIpc) is 2.27. The van der Waals surface area contributed by atoms with Crippen molar-refractivity contribution in [3.8, 4) is 0 Å². The molecule has 1 aliphatic carbocycles. The monoisotopic (exact) mass is 287 g/mol. The number of sulfonamides is 1. The molecule has 2 unspecified atom stereocenters. The van der Waals surface area contributed by atoms with Crippen LogP contribution < -0.4 is 10.5 Å². The average molecular weight is 287 g/mol. The minimum absolute atomic E-state index is 0.254. The Morgan fingerprint density at radius 2 is 2.16 bits per heavy atom. The van der Waals surface area contributed by atoms with Crippen LogP contribution >= 0.6 is 0 Å². The Morgan fingerprint density at radius 1 is 1.53 bits per heavy atom. The van der Waals surface area contributed by atoms with Crippen molar-refractivity contribution in [2.45, 2.75) is 26.3 Å². The Bertz CT molecular complexity index is 466. The lowest BCUT2D eigenvalue weighted by Gasteiger charge is -2.34. The fraction of sp³-hybridized carbons (Fsp3) is 0.692. The van der Waals surface area contributed by atoms with Gasteiger partial charge < -0.3 is 10.6 Å². The van der Waals surface area contributed by atoms with Crippen LogP contribution in [0, 0.1) is 5.92 Å². The highest BCUT2D eigenvalue weighted by Gasteiger charge is 2.26. The van der Waals surface area contributed by atoms with Crippen molar-refractivity contribution in [3.63, 3.8) is 0 Å². The summed E-state index contributed by atoms with van der Waals surface area (Å²) >= 11 is 0. The van der Waals surface area contributed by atoms with Crippen molar-refractivity contribution in [2.24, 2.45) is 11.7 Å². The van der Waals surface area contributed by atoms with Gasteiger partial charge in [-0.3, -0.25) is 0 Å². The smallest absolute Gasteiger partial charge is 0.208 e. The molecule has 1 rings (SSSR count). The second-order valence-corrected chi connectivity index (χ2v) is 7.16. The van der Waals surface area contributed by atoms with Crippen LogP contribution in [-0.4, -0.2) is 44.7 Å². The summed E-state index contributed by atoms with van der Waals surface area (Å²) in [5.74, 6) is 0.254. The molecule has 19 heavy (non-hydrogen) atoms. The summed E-state index contributed by atoms with van der Waals surface area (Å²) in [5, 5.41) is 0. The molecule has 1 aliphatic rings. The van der Waals surface area contributed by atoms with Crippen LogP contribution in [0.15, 0.2) is 23.9 Å². The van der Waals surface area contributed by atoms with Gasteiger partial charge in [0, 0.05) is 30.9 Å². The molecule has 0 spiro atoms. The quantitative estimate of drug-likeness (QED) is 0.753. The van der Waals surface area contributed by atoms with Crippen LogP contribution in [0.5, 0.6) is 0 Å². The second kappa shape index (κ2) is 6.07. The van der Waals surface area contributed by atoms with Gasteiger partial charge in [-0.1, -0.05) is 19.1 Å². The van der Waals surface area contributed by atoms with E-state index in [0.29, 0.717) is 13.1 Å². The van der Waals surface area contributed by atoms with Gasteiger partial charge >= 0.3 is 0 Å². The lowest BCUT2D eigenvalue weighted by atomic mass is 9.83. The zero-order valence-corrected chi connectivity index (χ0v) is 13.0. The summed E-state index contributed by atoms with van der Waals surface area (Å²) < 4.78 is 24.6. The molecule has 0 bridgehead atoms. The van der Waals surface area contributed by atoms with Gasteiger partial charge in [0.15, 0.2) is 0 Å². The molecule has 0 fully saturated rings. The van der Waals surface area contributed by atoms with Crippen LogP contribution in [-0.2, 0) is 10.0 Å².